The lowest BCUT2D eigenvalue weighted by atomic mass is 10.1. The monoisotopic (exact) mass is 316 g/mol. The van der Waals surface area contributed by atoms with Crippen LogP contribution in [0, 0.1) is 10.1 Å². The van der Waals surface area contributed by atoms with Crippen LogP contribution in [0.1, 0.15) is 23.8 Å². The molecule has 0 spiro atoms. The summed E-state index contributed by atoms with van der Waals surface area (Å²) in [5, 5.41) is 10.7. The molecule has 1 heterocycles. The van der Waals surface area contributed by atoms with Gasteiger partial charge in [-0.1, -0.05) is 0 Å². The van der Waals surface area contributed by atoms with E-state index in [4.69, 9.17) is 0 Å². The fraction of sp³-hybridized carbons (Fsp3) is 0.300. The molecule has 1 rings (SSSR count). The molecule has 0 saturated heterocycles. The molecule has 0 aliphatic rings. The lowest BCUT2D eigenvalue weighted by Gasteiger charge is -2.02. The summed E-state index contributed by atoms with van der Waals surface area (Å²) in [6, 6.07) is 2.49. The van der Waals surface area contributed by atoms with Crippen molar-refractivity contribution in [3.8, 4) is 0 Å². The van der Waals surface area contributed by atoms with Crippen molar-refractivity contribution < 1.29 is 19.2 Å². The minimum Gasteiger partial charge on any atom is -0.466 e. The molecule has 0 saturated carbocycles. The first-order valence-corrected chi connectivity index (χ1v) is 5.74. The van der Waals surface area contributed by atoms with E-state index in [1.807, 2.05) is 0 Å². The maximum atomic E-state index is 11.7. The van der Waals surface area contributed by atoms with Crippen LogP contribution in [-0.4, -0.2) is 28.3 Å². The number of nitro groups is 1. The van der Waals surface area contributed by atoms with Crippen LogP contribution in [0.25, 0.3) is 0 Å². The summed E-state index contributed by atoms with van der Waals surface area (Å²) in [6.45, 7) is 1.74. The molecule has 0 aromatic carbocycles. The molecule has 18 heavy (non-hydrogen) atoms. The highest BCUT2D eigenvalue weighted by Gasteiger charge is 2.24. The third kappa shape index (κ3) is 3.59. The Morgan fingerprint density at radius 2 is 2.17 bits per heavy atom. The number of Topliss-reactive ketones (excluding diaryl/α,β-unsaturated/α-hetero) is 1. The van der Waals surface area contributed by atoms with Crippen molar-refractivity contribution in [2.45, 2.75) is 13.3 Å². The van der Waals surface area contributed by atoms with Gasteiger partial charge in [-0.2, -0.15) is 0 Å². The van der Waals surface area contributed by atoms with Crippen LogP contribution < -0.4 is 0 Å². The summed E-state index contributed by atoms with van der Waals surface area (Å²) in [5.41, 5.74) is -0.796. The molecule has 0 amide bonds. The second-order valence-corrected chi connectivity index (χ2v) is 3.98. The molecule has 0 aliphatic heterocycles. The second kappa shape index (κ2) is 6.20. The summed E-state index contributed by atoms with van der Waals surface area (Å²) < 4.78 is 4.87. The normalized spacial score (nSPS) is 9.89. The Labute approximate surface area is 110 Å². The van der Waals surface area contributed by atoms with Gasteiger partial charge < -0.3 is 4.74 Å². The lowest BCUT2D eigenvalue weighted by Crippen LogP contribution is -2.14. The molecule has 8 heteroatoms. The van der Waals surface area contributed by atoms with Crippen LogP contribution in [-0.2, 0) is 9.53 Å². The first kappa shape index (κ1) is 14.2. The predicted molar refractivity (Wildman–Crippen MR) is 64.2 cm³/mol. The standard InChI is InChI=1S/C10H9BrN2O5/c1-2-18-9(15)5-7(14)10-6(13(16)17)3-4-8(11)12-10/h3-4H,2,5H2,1H3. The number of esters is 1. The number of hydrogen-bond acceptors (Lipinski definition) is 6. The average molecular weight is 317 g/mol. The molecule has 0 bridgehead atoms. The van der Waals surface area contributed by atoms with Gasteiger partial charge in [0, 0.05) is 6.07 Å². The van der Waals surface area contributed by atoms with Crippen molar-refractivity contribution in [1.82, 2.24) is 4.98 Å². The molecule has 0 fully saturated rings. The van der Waals surface area contributed by atoms with Crippen LogP contribution in [0.15, 0.2) is 16.7 Å². The Hall–Kier alpha value is -1.83. The van der Waals surface area contributed by atoms with Gasteiger partial charge in [0.1, 0.15) is 11.0 Å². The molecular weight excluding hydrogens is 308 g/mol. The van der Waals surface area contributed by atoms with Crippen molar-refractivity contribution in [2.75, 3.05) is 6.61 Å². The number of carbonyl (C=O) groups is 2. The highest BCUT2D eigenvalue weighted by molar-refractivity contribution is 9.10. The second-order valence-electron chi connectivity index (χ2n) is 3.16. The zero-order valence-electron chi connectivity index (χ0n) is 9.38. The van der Waals surface area contributed by atoms with Gasteiger partial charge in [0.25, 0.3) is 5.69 Å². The summed E-state index contributed by atoms with van der Waals surface area (Å²) in [7, 11) is 0. The molecule has 0 radical (unpaired) electrons. The van der Waals surface area contributed by atoms with E-state index in [1.165, 1.54) is 6.07 Å². The van der Waals surface area contributed by atoms with E-state index >= 15 is 0 Å². The summed E-state index contributed by atoms with van der Waals surface area (Å²) in [4.78, 5) is 36.6. The van der Waals surface area contributed by atoms with Gasteiger partial charge in [0.15, 0.2) is 11.5 Å². The molecule has 96 valence electrons. The molecule has 0 unspecified atom stereocenters. The molecule has 0 aliphatic carbocycles. The number of ketones is 1. The van der Waals surface area contributed by atoms with Crippen molar-refractivity contribution in [1.29, 1.82) is 0 Å². The third-order valence-corrected chi connectivity index (χ3v) is 2.35. The van der Waals surface area contributed by atoms with E-state index in [2.05, 4.69) is 25.7 Å². The highest BCUT2D eigenvalue weighted by Crippen LogP contribution is 2.20. The number of hydrogen-bond donors (Lipinski definition) is 0. The number of ether oxygens (including phenoxy) is 1. The topological polar surface area (TPSA) is 99.4 Å². The third-order valence-electron chi connectivity index (χ3n) is 1.91. The maximum absolute atomic E-state index is 11.7. The van der Waals surface area contributed by atoms with E-state index in [1.54, 1.807) is 6.92 Å². The quantitative estimate of drug-likeness (QED) is 0.205. The van der Waals surface area contributed by atoms with Crippen molar-refractivity contribution >= 4 is 33.4 Å². The SMILES string of the molecule is CCOC(=O)CC(=O)c1nc(Br)ccc1[N+](=O)[O-]. The van der Waals surface area contributed by atoms with Crippen LogP contribution in [0.4, 0.5) is 5.69 Å². The Morgan fingerprint density at radius 3 is 2.72 bits per heavy atom. The van der Waals surface area contributed by atoms with Gasteiger partial charge in [0.2, 0.25) is 0 Å². The van der Waals surface area contributed by atoms with Gasteiger partial charge in [-0.3, -0.25) is 19.7 Å². The zero-order chi connectivity index (χ0) is 13.7. The average Bonchev–Trinajstić information content (AvgIpc) is 2.28. The van der Waals surface area contributed by atoms with E-state index in [0.717, 1.165) is 6.07 Å². The minimum atomic E-state index is -0.749. The zero-order valence-corrected chi connectivity index (χ0v) is 11.0. The molecular formula is C10H9BrN2O5. The van der Waals surface area contributed by atoms with Gasteiger partial charge in [0.05, 0.1) is 11.5 Å². The molecule has 0 atom stereocenters. The van der Waals surface area contributed by atoms with Gasteiger partial charge in [-0.05, 0) is 28.9 Å². The van der Waals surface area contributed by atoms with Crippen LogP contribution in [0.5, 0.6) is 0 Å². The van der Waals surface area contributed by atoms with Crippen LogP contribution in [0.2, 0.25) is 0 Å². The number of rotatable bonds is 5. The van der Waals surface area contributed by atoms with Crippen molar-refractivity contribution in [2.24, 2.45) is 0 Å². The van der Waals surface area contributed by atoms with Gasteiger partial charge in [-0.25, -0.2) is 4.98 Å². The van der Waals surface area contributed by atoms with Crippen LogP contribution >= 0.6 is 15.9 Å². The summed E-state index contributed by atoms with van der Waals surface area (Å²) >= 11 is 3.01. The number of halogens is 1. The lowest BCUT2D eigenvalue weighted by molar-refractivity contribution is -0.385. The van der Waals surface area contributed by atoms with Crippen molar-refractivity contribution in [3.63, 3.8) is 0 Å². The largest absolute Gasteiger partial charge is 0.466 e. The molecule has 7 nitrogen and oxygen atoms in total. The number of aromatic nitrogens is 1. The Bertz CT molecular complexity index is 503. The Balaban J connectivity index is 3.00. The van der Waals surface area contributed by atoms with E-state index in [0.29, 0.717) is 0 Å². The fourth-order valence-electron chi connectivity index (χ4n) is 1.21. The van der Waals surface area contributed by atoms with Gasteiger partial charge >= 0.3 is 5.97 Å². The minimum absolute atomic E-state index is 0.139. The van der Waals surface area contributed by atoms with Crippen LogP contribution in [0.3, 0.4) is 0 Å². The van der Waals surface area contributed by atoms with Gasteiger partial charge in [-0.15, -0.1) is 0 Å². The number of nitrogens with zero attached hydrogens (tertiary/aromatic N) is 2. The summed E-state index contributed by atoms with van der Waals surface area (Å²) in [6.07, 6.45) is -0.571. The first-order valence-electron chi connectivity index (χ1n) is 4.95. The van der Waals surface area contributed by atoms with E-state index in [-0.39, 0.29) is 16.9 Å². The molecule has 1 aromatic heterocycles. The Morgan fingerprint density at radius 1 is 1.50 bits per heavy atom. The maximum Gasteiger partial charge on any atom is 0.313 e. The molecule has 1 aromatic rings. The highest BCUT2D eigenvalue weighted by atomic mass is 79.9. The molecule has 0 N–H and O–H groups in total. The summed E-state index contributed by atoms with van der Waals surface area (Å²) in [5.74, 6) is -1.49. The first-order chi connectivity index (χ1) is 8.45. The van der Waals surface area contributed by atoms with E-state index < -0.39 is 28.8 Å². The predicted octanol–water partition coefficient (Wildman–Crippen LogP) is 1.89. The number of pyridine rings is 1. The number of carbonyl (C=O) groups excluding carboxylic acids is 2. The van der Waals surface area contributed by atoms with Crippen molar-refractivity contribution in [3.05, 3.63) is 32.5 Å². The van der Waals surface area contributed by atoms with E-state index in [9.17, 15) is 19.7 Å². The smallest absolute Gasteiger partial charge is 0.313 e. The fourth-order valence-corrected chi connectivity index (χ4v) is 1.52. The Kier molecular flexibility index (Phi) is 4.90.